The minimum atomic E-state index is -0.866. The van der Waals surface area contributed by atoms with Crippen molar-refractivity contribution < 1.29 is 13.6 Å². The molecule has 1 aromatic carbocycles. The third-order valence-electron chi connectivity index (χ3n) is 4.03. The average molecular weight is 361 g/mol. The van der Waals surface area contributed by atoms with Crippen LogP contribution in [0, 0.1) is 17.0 Å². The number of amides is 1. The molecular formula is C15H19BrF2N2O. The minimum Gasteiger partial charge on any atom is -0.350 e. The van der Waals surface area contributed by atoms with Gasteiger partial charge in [-0.05, 0) is 36.9 Å². The summed E-state index contributed by atoms with van der Waals surface area (Å²) < 4.78 is 27.7. The Bertz CT molecular complexity index is 525. The standard InChI is InChI=1S/C15H19BrF2N2O/c1-15(2)4-3-5-19-12(15)8-20-14(21)13-10(17)6-9(16)7-11(13)18/h6-7,12,19H,3-5,8H2,1-2H3,(H,20,21). The molecule has 0 aliphatic carbocycles. The predicted molar refractivity (Wildman–Crippen MR) is 81.2 cm³/mol. The molecule has 1 saturated heterocycles. The lowest BCUT2D eigenvalue weighted by atomic mass is 9.77. The smallest absolute Gasteiger partial charge is 0.257 e. The Labute approximate surface area is 131 Å². The molecule has 0 bridgehead atoms. The van der Waals surface area contributed by atoms with E-state index < -0.39 is 23.1 Å². The van der Waals surface area contributed by atoms with Crippen LogP contribution >= 0.6 is 15.9 Å². The predicted octanol–water partition coefficient (Wildman–Crippen LogP) is 3.24. The van der Waals surface area contributed by atoms with Crippen molar-refractivity contribution in [2.75, 3.05) is 13.1 Å². The van der Waals surface area contributed by atoms with Gasteiger partial charge >= 0.3 is 0 Å². The zero-order valence-corrected chi connectivity index (χ0v) is 13.7. The number of benzene rings is 1. The number of rotatable bonds is 3. The molecule has 1 unspecified atom stereocenters. The summed E-state index contributed by atoms with van der Waals surface area (Å²) in [5, 5.41) is 5.97. The van der Waals surface area contributed by atoms with Crippen LogP contribution in [-0.2, 0) is 0 Å². The number of hydrogen-bond acceptors (Lipinski definition) is 2. The normalized spacial score (nSPS) is 21.1. The van der Waals surface area contributed by atoms with Gasteiger partial charge in [0.25, 0.3) is 5.91 Å². The molecule has 1 atom stereocenters. The molecule has 3 nitrogen and oxygen atoms in total. The quantitative estimate of drug-likeness (QED) is 0.868. The van der Waals surface area contributed by atoms with Crippen molar-refractivity contribution in [3.05, 3.63) is 33.8 Å². The molecule has 1 aliphatic rings. The highest BCUT2D eigenvalue weighted by Gasteiger charge is 2.32. The lowest BCUT2D eigenvalue weighted by molar-refractivity contribution is 0.0920. The zero-order valence-electron chi connectivity index (χ0n) is 12.1. The van der Waals surface area contributed by atoms with E-state index in [2.05, 4.69) is 40.4 Å². The van der Waals surface area contributed by atoms with Gasteiger partial charge in [0.15, 0.2) is 0 Å². The highest BCUT2D eigenvalue weighted by molar-refractivity contribution is 9.10. The molecule has 0 aromatic heterocycles. The van der Waals surface area contributed by atoms with Crippen LogP contribution in [0.1, 0.15) is 37.0 Å². The molecule has 1 amide bonds. The second-order valence-electron chi connectivity index (χ2n) is 6.05. The summed E-state index contributed by atoms with van der Waals surface area (Å²) in [5.74, 6) is -2.45. The second kappa shape index (κ2) is 6.40. The molecular weight excluding hydrogens is 342 g/mol. The summed E-state index contributed by atoms with van der Waals surface area (Å²) >= 11 is 2.99. The first-order valence-corrected chi connectivity index (χ1v) is 7.77. The fourth-order valence-electron chi connectivity index (χ4n) is 2.66. The van der Waals surface area contributed by atoms with Crippen LogP contribution in [0.4, 0.5) is 8.78 Å². The summed E-state index contributed by atoms with van der Waals surface area (Å²) in [6.45, 7) is 5.49. The van der Waals surface area contributed by atoms with E-state index in [-0.39, 0.29) is 15.9 Å². The summed E-state index contributed by atoms with van der Waals surface area (Å²) in [7, 11) is 0. The highest BCUT2D eigenvalue weighted by atomic mass is 79.9. The molecule has 21 heavy (non-hydrogen) atoms. The zero-order chi connectivity index (χ0) is 15.6. The first-order chi connectivity index (χ1) is 9.81. The molecule has 0 radical (unpaired) electrons. The largest absolute Gasteiger partial charge is 0.350 e. The van der Waals surface area contributed by atoms with Crippen molar-refractivity contribution in [1.29, 1.82) is 0 Å². The van der Waals surface area contributed by atoms with Crippen molar-refractivity contribution >= 4 is 21.8 Å². The van der Waals surface area contributed by atoms with Gasteiger partial charge in [0.05, 0.1) is 0 Å². The minimum absolute atomic E-state index is 0.0440. The van der Waals surface area contributed by atoms with Crippen LogP contribution in [-0.4, -0.2) is 25.0 Å². The molecule has 6 heteroatoms. The number of hydrogen-bond donors (Lipinski definition) is 2. The van der Waals surface area contributed by atoms with Crippen LogP contribution in [0.5, 0.6) is 0 Å². The van der Waals surface area contributed by atoms with Gasteiger partial charge in [-0.3, -0.25) is 4.79 Å². The Morgan fingerprint density at radius 2 is 2.05 bits per heavy atom. The van der Waals surface area contributed by atoms with Gasteiger partial charge in [-0.25, -0.2) is 8.78 Å². The van der Waals surface area contributed by atoms with E-state index in [1.54, 1.807) is 0 Å². The van der Waals surface area contributed by atoms with E-state index in [1.807, 2.05) is 0 Å². The van der Waals surface area contributed by atoms with E-state index >= 15 is 0 Å². The number of carbonyl (C=O) groups excluding carboxylic acids is 1. The number of halogens is 3. The highest BCUT2D eigenvalue weighted by Crippen LogP contribution is 2.29. The molecule has 0 saturated carbocycles. The van der Waals surface area contributed by atoms with Crippen LogP contribution in [0.3, 0.4) is 0 Å². The van der Waals surface area contributed by atoms with Gasteiger partial charge in [0.1, 0.15) is 17.2 Å². The van der Waals surface area contributed by atoms with E-state index in [0.29, 0.717) is 6.54 Å². The third kappa shape index (κ3) is 3.80. The van der Waals surface area contributed by atoms with E-state index in [1.165, 1.54) is 0 Å². The summed E-state index contributed by atoms with van der Waals surface area (Å²) in [4.78, 5) is 12.0. The van der Waals surface area contributed by atoms with E-state index in [4.69, 9.17) is 0 Å². The van der Waals surface area contributed by atoms with Crippen LogP contribution in [0.15, 0.2) is 16.6 Å². The van der Waals surface area contributed by atoms with Gasteiger partial charge < -0.3 is 10.6 Å². The Hall–Kier alpha value is -1.01. The Balaban J connectivity index is 2.05. The number of carbonyl (C=O) groups is 1. The van der Waals surface area contributed by atoms with Crippen molar-refractivity contribution in [3.8, 4) is 0 Å². The molecule has 116 valence electrons. The first kappa shape index (κ1) is 16.4. The molecule has 1 heterocycles. The maximum absolute atomic E-state index is 13.7. The SMILES string of the molecule is CC1(C)CCCNC1CNC(=O)c1c(F)cc(Br)cc1F. The van der Waals surface area contributed by atoms with Crippen LogP contribution in [0.25, 0.3) is 0 Å². The molecule has 2 N–H and O–H groups in total. The monoisotopic (exact) mass is 360 g/mol. The van der Waals surface area contributed by atoms with Crippen LogP contribution in [0.2, 0.25) is 0 Å². The third-order valence-corrected chi connectivity index (χ3v) is 4.49. The average Bonchev–Trinajstić information content (AvgIpc) is 2.35. The lowest BCUT2D eigenvalue weighted by Crippen LogP contribution is -2.52. The Morgan fingerprint density at radius 1 is 1.43 bits per heavy atom. The summed E-state index contributed by atoms with van der Waals surface area (Å²) in [5.41, 5.74) is -0.491. The van der Waals surface area contributed by atoms with E-state index in [0.717, 1.165) is 31.5 Å². The molecule has 1 aromatic rings. The summed E-state index contributed by atoms with van der Waals surface area (Å²) in [6, 6.07) is 2.26. The maximum Gasteiger partial charge on any atom is 0.257 e. The molecule has 1 fully saturated rings. The number of nitrogens with one attached hydrogen (secondary N) is 2. The van der Waals surface area contributed by atoms with Gasteiger partial charge in [-0.2, -0.15) is 0 Å². The Kier molecular flexibility index (Phi) is 4.99. The van der Waals surface area contributed by atoms with Crippen molar-refractivity contribution in [2.45, 2.75) is 32.7 Å². The van der Waals surface area contributed by atoms with Gasteiger partial charge in [0.2, 0.25) is 0 Å². The lowest BCUT2D eigenvalue weighted by Gasteiger charge is -2.39. The first-order valence-electron chi connectivity index (χ1n) is 6.97. The summed E-state index contributed by atoms with van der Waals surface area (Å²) in [6.07, 6.45) is 2.15. The van der Waals surface area contributed by atoms with Crippen LogP contribution < -0.4 is 10.6 Å². The fraction of sp³-hybridized carbons (Fsp3) is 0.533. The van der Waals surface area contributed by atoms with Gasteiger partial charge in [-0.15, -0.1) is 0 Å². The fourth-order valence-corrected chi connectivity index (χ4v) is 3.06. The molecule has 2 rings (SSSR count). The van der Waals surface area contributed by atoms with E-state index in [9.17, 15) is 13.6 Å². The van der Waals surface area contributed by atoms with Crippen molar-refractivity contribution in [2.24, 2.45) is 5.41 Å². The molecule has 0 spiro atoms. The second-order valence-corrected chi connectivity index (χ2v) is 6.97. The van der Waals surface area contributed by atoms with Gasteiger partial charge in [-0.1, -0.05) is 29.8 Å². The molecule has 1 aliphatic heterocycles. The maximum atomic E-state index is 13.7. The Morgan fingerprint density at radius 3 is 2.62 bits per heavy atom. The van der Waals surface area contributed by atoms with Crippen molar-refractivity contribution in [3.63, 3.8) is 0 Å². The van der Waals surface area contributed by atoms with Gasteiger partial charge in [0, 0.05) is 17.1 Å². The number of piperidine rings is 1. The van der Waals surface area contributed by atoms with Crippen molar-refractivity contribution in [1.82, 2.24) is 10.6 Å². The topological polar surface area (TPSA) is 41.1 Å².